The SMILES string of the molecule is CN=C(NCc1ccc(C(=O)N(C)C)cc1)NC1CCCC1. The van der Waals surface area contributed by atoms with Gasteiger partial charge in [0, 0.05) is 39.3 Å². The molecular weight excluding hydrogens is 276 g/mol. The first kappa shape index (κ1) is 16.3. The molecule has 1 saturated carbocycles. The van der Waals surface area contributed by atoms with Crippen LogP contribution >= 0.6 is 0 Å². The molecule has 2 N–H and O–H groups in total. The van der Waals surface area contributed by atoms with Gasteiger partial charge in [0.05, 0.1) is 0 Å². The van der Waals surface area contributed by atoms with Crippen molar-refractivity contribution in [3.8, 4) is 0 Å². The first-order valence-corrected chi connectivity index (χ1v) is 7.88. The number of amides is 1. The Hall–Kier alpha value is -2.04. The molecule has 5 heteroatoms. The van der Waals surface area contributed by atoms with E-state index in [4.69, 9.17) is 0 Å². The van der Waals surface area contributed by atoms with Crippen LogP contribution in [0.3, 0.4) is 0 Å². The van der Waals surface area contributed by atoms with E-state index in [0.717, 1.165) is 11.5 Å². The maximum absolute atomic E-state index is 11.8. The smallest absolute Gasteiger partial charge is 0.253 e. The summed E-state index contributed by atoms with van der Waals surface area (Å²) in [6, 6.07) is 8.24. The van der Waals surface area contributed by atoms with E-state index in [1.165, 1.54) is 25.7 Å². The van der Waals surface area contributed by atoms with Crippen molar-refractivity contribution < 1.29 is 4.79 Å². The number of nitrogens with one attached hydrogen (secondary N) is 2. The van der Waals surface area contributed by atoms with Crippen molar-refractivity contribution in [2.24, 2.45) is 4.99 Å². The average molecular weight is 302 g/mol. The van der Waals surface area contributed by atoms with E-state index in [9.17, 15) is 4.79 Å². The summed E-state index contributed by atoms with van der Waals surface area (Å²) in [5.41, 5.74) is 1.84. The Morgan fingerprint density at radius 1 is 1.23 bits per heavy atom. The van der Waals surface area contributed by atoms with Gasteiger partial charge in [-0.2, -0.15) is 0 Å². The van der Waals surface area contributed by atoms with Crippen molar-refractivity contribution in [2.75, 3.05) is 21.1 Å². The van der Waals surface area contributed by atoms with Crippen molar-refractivity contribution in [2.45, 2.75) is 38.3 Å². The van der Waals surface area contributed by atoms with Crippen LogP contribution in [-0.2, 0) is 6.54 Å². The molecule has 0 radical (unpaired) electrons. The summed E-state index contributed by atoms with van der Waals surface area (Å²) in [7, 11) is 5.32. The Kier molecular flexibility index (Phi) is 5.81. The van der Waals surface area contributed by atoms with Crippen LogP contribution in [0.25, 0.3) is 0 Å². The minimum Gasteiger partial charge on any atom is -0.354 e. The van der Waals surface area contributed by atoms with Crippen LogP contribution in [0, 0.1) is 0 Å². The number of rotatable bonds is 4. The van der Waals surface area contributed by atoms with Gasteiger partial charge in [-0.25, -0.2) is 0 Å². The van der Waals surface area contributed by atoms with Crippen molar-refractivity contribution in [3.63, 3.8) is 0 Å². The summed E-state index contributed by atoms with van der Waals surface area (Å²) < 4.78 is 0. The Morgan fingerprint density at radius 3 is 2.41 bits per heavy atom. The number of hydrogen-bond donors (Lipinski definition) is 2. The summed E-state index contributed by atoms with van der Waals surface area (Å²) in [5, 5.41) is 6.79. The van der Waals surface area contributed by atoms with E-state index in [1.807, 2.05) is 24.3 Å². The maximum Gasteiger partial charge on any atom is 0.253 e. The van der Waals surface area contributed by atoms with E-state index < -0.39 is 0 Å². The largest absolute Gasteiger partial charge is 0.354 e. The summed E-state index contributed by atoms with van der Waals surface area (Å²) in [6.07, 6.45) is 5.05. The lowest BCUT2D eigenvalue weighted by Crippen LogP contribution is -2.41. The molecule has 0 heterocycles. The summed E-state index contributed by atoms with van der Waals surface area (Å²) in [6.45, 7) is 0.697. The predicted octanol–water partition coefficient (Wildman–Crippen LogP) is 2.00. The minimum atomic E-state index is 0.0261. The number of hydrogen-bond acceptors (Lipinski definition) is 2. The molecule has 0 unspecified atom stereocenters. The van der Waals surface area contributed by atoms with Gasteiger partial charge in [-0.1, -0.05) is 25.0 Å². The number of nitrogens with zero attached hydrogens (tertiary/aromatic N) is 2. The Balaban J connectivity index is 1.86. The molecule has 0 spiro atoms. The molecule has 1 aliphatic rings. The van der Waals surface area contributed by atoms with E-state index in [0.29, 0.717) is 18.2 Å². The molecule has 1 aromatic rings. The molecule has 0 saturated heterocycles. The van der Waals surface area contributed by atoms with Gasteiger partial charge in [-0.05, 0) is 30.5 Å². The van der Waals surface area contributed by atoms with E-state index >= 15 is 0 Å². The lowest BCUT2D eigenvalue weighted by molar-refractivity contribution is 0.0827. The quantitative estimate of drug-likeness (QED) is 0.660. The molecule has 1 aliphatic carbocycles. The fraction of sp³-hybridized carbons (Fsp3) is 0.529. The van der Waals surface area contributed by atoms with Crippen molar-refractivity contribution >= 4 is 11.9 Å². The molecule has 1 aromatic carbocycles. The van der Waals surface area contributed by atoms with Gasteiger partial charge in [0.1, 0.15) is 0 Å². The second kappa shape index (κ2) is 7.82. The van der Waals surface area contributed by atoms with E-state index in [2.05, 4.69) is 15.6 Å². The van der Waals surface area contributed by atoms with Gasteiger partial charge in [0.15, 0.2) is 5.96 Å². The highest BCUT2D eigenvalue weighted by atomic mass is 16.2. The van der Waals surface area contributed by atoms with E-state index in [-0.39, 0.29) is 5.91 Å². The fourth-order valence-electron chi connectivity index (χ4n) is 2.67. The Bertz CT molecular complexity index is 516. The standard InChI is InChI=1S/C17H26N4O/c1-18-17(20-15-6-4-5-7-15)19-12-13-8-10-14(11-9-13)16(22)21(2)3/h8-11,15H,4-7,12H2,1-3H3,(H2,18,19,20). The summed E-state index contributed by atoms with van der Waals surface area (Å²) >= 11 is 0. The molecule has 0 atom stereocenters. The number of carbonyl (C=O) groups excluding carboxylic acids is 1. The number of guanidine groups is 1. The highest BCUT2D eigenvalue weighted by Crippen LogP contribution is 2.17. The van der Waals surface area contributed by atoms with Crippen LogP contribution in [0.15, 0.2) is 29.3 Å². The lowest BCUT2D eigenvalue weighted by Gasteiger charge is -2.17. The third-order valence-electron chi connectivity index (χ3n) is 3.99. The number of carbonyl (C=O) groups is 1. The van der Waals surface area contributed by atoms with Crippen LogP contribution in [0.5, 0.6) is 0 Å². The van der Waals surface area contributed by atoms with Crippen LogP contribution in [0.2, 0.25) is 0 Å². The Labute approximate surface area is 132 Å². The number of benzene rings is 1. The van der Waals surface area contributed by atoms with Gasteiger partial charge < -0.3 is 15.5 Å². The molecule has 0 bridgehead atoms. The van der Waals surface area contributed by atoms with Gasteiger partial charge >= 0.3 is 0 Å². The van der Waals surface area contributed by atoms with Crippen molar-refractivity contribution in [1.82, 2.24) is 15.5 Å². The molecule has 1 amide bonds. The summed E-state index contributed by atoms with van der Waals surface area (Å²) in [4.78, 5) is 17.7. The van der Waals surface area contributed by atoms with Gasteiger partial charge in [-0.3, -0.25) is 9.79 Å². The lowest BCUT2D eigenvalue weighted by atomic mass is 10.1. The zero-order valence-electron chi connectivity index (χ0n) is 13.7. The predicted molar refractivity (Wildman–Crippen MR) is 90.0 cm³/mol. The van der Waals surface area contributed by atoms with Crippen LogP contribution < -0.4 is 10.6 Å². The zero-order valence-corrected chi connectivity index (χ0v) is 13.7. The third-order valence-corrected chi connectivity index (χ3v) is 3.99. The van der Waals surface area contributed by atoms with E-state index in [1.54, 1.807) is 26.0 Å². The van der Waals surface area contributed by atoms with Crippen LogP contribution in [-0.4, -0.2) is 44.0 Å². The average Bonchev–Trinajstić information content (AvgIpc) is 3.04. The van der Waals surface area contributed by atoms with Crippen LogP contribution in [0.4, 0.5) is 0 Å². The topological polar surface area (TPSA) is 56.7 Å². The number of aliphatic imine (C=N–C) groups is 1. The molecule has 1 fully saturated rings. The normalized spacial score (nSPS) is 15.7. The zero-order chi connectivity index (χ0) is 15.9. The molecule has 0 aliphatic heterocycles. The van der Waals surface area contributed by atoms with Gasteiger partial charge in [0.25, 0.3) is 5.91 Å². The molecule has 5 nitrogen and oxygen atoms in total. The maximum atomic E-state index is 11.8. The Morgan fingerprint density at radius 2 is 1.86 bits per heavy atom. The molecular formula is C17H26N4O. The molecule has 0 aromatic heterocycles. The summed E-state index contributed by atoms with van der Waals surface area (Å²) in [5.74, 6) is 0.874. The third kappa shape index (κ3) is 4.48. The second-order valence-electron chi connectivity index (χ2n) is 5.95. The molecule has 2 rings (SSSR count). The minimum absolute atomic E-state index is 0.0261. The highest BCUT2D eigenvalue weighted by molar-refractivity contribution is 5.93. The highest BCUT2D eigenvalue weighted by Gasteiger charge is 2.15. The fourth-order valence-corrected chi connectivity index (χ4v) is 2.67. The first-order valence-electron chi connectivity index (χ1n) is 7.88. The van der Waals surface area contributed by atoms with Gasteiger partial charge in [-0.15, -0.1) is 0 Å². The van der Waals surface area contributed by atoms with Crippen molar-refractivity contribution in [1.29, 1.82) is 0 Å². The van der Waals surface area contributed by atoms with Gasteiger partial charge in [0.2, 0.25) is 0 Å². The van der Waals surface area contributed by atoms with Crippen LogP contribution in [0.1, 0.15) is 41.6 Å². The first-order chi connectivity index (χ1) is 10.6. The second-order valence-corrected chi connectivity index (χ2v) is 5.95. The monoisotopic (exact) mass is 302 g/mol. The van der Waals surface area contributed by atoms with Crippen molar-refractivity contribution in [3.05, 3.63) is 35.4 Å². The molecule has 120 valence electrons. The molecule has 22 heavy (non-hydrogen) atoms.